The Morgan fingerprint density at radius 2 is 2.28 bits per heavy atom. The molecule has 0 spiro atoms. The van der Waals surface area contributed by atoms with Crippen LogP contribution >= 0.6 is 0 Å². The van der Waals surface area contributed by atoms with Crippen molar-refractivity contribution in [2.24, 2.45) is 11.3 Å². The van der Waals surface area contributed by atoms with Gasteiger partial charge in [-0.3, -0.25) is 0 Å². The average Bonchev–Trinajstić information content (AvgIpc) is 2.33. The van der Waals surface area contributed by atoms with Crippen molar-refractivity contribution in [3.05, 3.63) is 23.3 Å². The number of methoxy groups -OCH3 is 1. The molecular weight excluding hydrogens is 224 g/mol. The Kier molecular flexibility index (Phi) is 5.18. The van der Waals surface area contributed by atoms with Gasteiger partial charge in [-0.05, 0) is 50.9 Å². The van der Waals surface area contributed by atoms with Crippen LogP contribution in [0.4, 0.5) is 0 Å². The van der Waals surface area contributed by atoms with Crippen molar-refractivity contribution >= 4 is 5.97 Å². The van der Waals surface area contributed by atoms with E-state index in [9.17, 15) is 4.79 Å². The van der Waals surface area contributed by atoms with Gasteiger partial charge in [-0.15, -0.1) is 0 Å². The van der Waals surface area contributed by atoms with E-state index in [0.717, 1.165) is 18.4 Å². The highest BCUT2D eigenvalue weighted by molar-refractivity contribution is 5.82. The van der Waals surface area contributed by atoms with Gasteiger partial charge in [0.25, 0.3) is 0 Å². The molecule has 0 radical (unpaired) electrons. The molecule has 0 bridgehead atoms. The van der Waals surface area contributed by atoms with E-state index in [2.05, 4.69) is 31.6 Å². The fourth-order valence-electron chi connectivity index (χ4n) is 2.72. The van der Waals surface area contributed by atoms with Crippen molar-refractivity contribution in [2.75, 3.05) is 7.11 Å². The zero-order valence-electron chi connectivity index (χ0n) is 12.4. The molecular formula is C16H26O2. The van der Waals surface area contributed by atoms with E-state index >= 15 is 0 Å². The summed E-state index contributed by atoms with van der Waals surface area (Å²) < 4.78 is 4.65. The van der Waals surface area contributed by atoms with Crippen molar-refractivity contribution in [3.63, 3.8) is 0 Å². The van der Waals surface area contributed by atoms with Crippen LogP contribution in [0.3, 0.4) is 0 Å². The SMILES string of the molecule is COC(=O)/C=C(\C)CC[C@]1(C)C(C)=CCC[C@H]1C. The van der Waals surface area contributed by atoms with Crippen LogP contribution < -0.4 is 0 Å². The van der Waals surface area contributed by atoms with Crippen molar-refractivity contribution in [1.29, 1.82) is 0 Å². The van der Waals surface area contributed by atoms with Gasteiger partial charge in [-0.2, -0.15) is 0 Å². The molecule has 102 valence electrons. The van der Waals surface area contributed by atoms with Crippen molar-refractivity contribution in [3.8, 4) is 0 Å². The van der Waals surface area contributed by atoms with Crippen LogP contribution in [0, 0.1) is 11.3 Å². The highest BCUT2D eigenvalue weighted by atomic mass is 16.5. The molecule has 2 nitrogen and oxygen atoms in total. The Balaban J connectivity index is 2.66. The number of hydrogen-bond donors (Lipinski definition) is 0. The minimum absolute atomic E-state index is 0.249. The summed E-state index contributed by atoms with van der Waals surface area (Å²) in [7, 11) is 1.42. The van der Waals surface area contributed by atoms with Crippen LogP contribution in [0.1, 0.15) is 53.4 Å². The predicted molar refractivity (Wildman–Crippen MR) is 75.3 cm³/mol. The van der Waals surface area contributed by atoms with Gasteiger partial charge in [-0.25, -0.2) is 4.79 Å². The number of carbonyl (C=O) groups excluding carboxylic acids is 1. The third-order valence-electron chi connectivity index (χ3n) is 4.64. The number of hydrogen-bond acceptors (Lipinski definition) is 2. The Bertz CT molecular complexity index is 365. The van der Waals surface area contributed by atoms with Gasteiger partial charge < -0.3 is 4.74 Å². The Labute approximate surface area is 111 Å². The number of ether oxygens (including phenoxy) is 1. The molecule has 0 unspecified atom stereocenters. The first-order valence-corrected chi connectivity index (χ1v) is 6.82. The standard InChI is InChI=1S/C16H26O2/c1-12(11-15(17)18-5)9-10-16(4)13(2)7-6-8-14(16)3/h7,11,14H,6,8-10H2,1-5H3/b12-11+/t14-,16-/m1/s1. The molecule has 1 rings (SSSR count). The molecule has 0 saturated carbocycles. The quantitative estimate of drug-likeness (QED) is 0.423. The van der Waals surface area contributed by atoms with E-state index in [0.29, 0.717) is 5.92 Å². The van der Waals surface area contributed by atoms with Gasteiger partial charge in [0.05, 0.1) is 7.11 Å². The third-order valence-corrected chi connectivity index (χ3v) is 4.64. The van der Waals surface area contributed by atoms with E-state index in [1.54, 1.807) is 6.08 Å². The lowest BCUT2D eigenvalue weighted by Crippen LogP contribution is -2.29. The molecule has 0 N–H and O–H groups in total. The van der Waals surface area contributed by atoms with Crippen LogP contribution in [0.2, 0.25) is 0 Å². The minimum Gasteiger partial charge on any atom is -0.466 e. The number of esters is 1. The molecule has 0 fully saturated rings. The molecule has 1 aliphatic carbocycles. The zero-order chi connectivity index (χ0) is 13.8. The number of carbonyl (C=O) groups is 1. The summed E-state index contributed by atoms with van der Waals surface area (Å²) in [4.78, 5) is 11.2. The van der Waals surface area contributed by atoms with Crippen molar-refractivity contribution in [2.45, 2.75) is 53.4 Å². The van der Waals surface area contributed by atoms with Crippen LogP contribution in [-0.4, -0.2) is 13.1 Å². The normalized spacial score (nSPS) is 28.8. The molecule has 18 heavy (non-hydrogen) atoms. The zero-order valence-corrected chi connectivity index (χ0v) is 12.4. The van der Waals surface area contributed by atoms with Crippen LogP contribution in [0.15, 0.2) is 23.3 Å². The Morgan fingerprint density at radius 3 is 2.83 bits per heavy atom. The Hall–Kier alpha value is -1.05. The van der Waals surface area contributed by atoms with Crippen molar-refractivity contribution in [1.82, 2.24) is 0 Å². The third kappa shape index (κ3) is 3.47. The fraction of sp³-hybridized carbons (Fsp3) is 0.688. The van der Waals surface area contributed by atoms with Crippen LogP contribution in [-0.2, 0) is 9.53 Å². The summed E-state index contributed by atoms with van der Waals surface area (Å²) >= 11 is 0. The van der Waals surface area contributed by atoms with Crippen molar-refractivity contribution < 1.29 is 9.53 Å². The molecule has 2 atom stereocenters. The largest absolute Gasteiger partial charge is 0.466 e. The molecule has 2 heteroatoms. The highest BCUT2D eigenvalue weighted by Gasteiger charge is 2.34. The molecule has 0 saturated heterocycles. The average molecular weight is 250 g/mol. The van der Waals surface area contributed by atoms with Gasteiger partial charge in [-0.1, -0.05) is 31.1 Å². The lowest BCUT2D eigenvalue weighted by atomic mass is 9.65. The highest BCUT2D eigenvalue weighted by Crippen LogP contribution is 2.45. The first-order valence-electron chi connectivity index (χ1n) is 6.82. The number of rotatable bonds is 4. The topological polar surface area (TPSA) is 26.3 Å². The van der Waals surface area contributed by atoms with Gasteiger partial charge in [0.15, 0.2) is 0 Å². The van der Waals surface area contributed by atoms with Gasteiger partial charge in [0.2, 0.25) is 0 Å². The smallest absolute Gasteiger partial charge is 0.330 e. The molecule has 0 amide bonds. The second-order valence-corrected chi connectivity index (χ2v) is 5.80. The predicted octanol–water partition coefficient (Wildman–Crippen LogP) is 4.27. The van der Waals surface area contributed by atoms with E-state index < -0.39 is 0 Å². The molecule has 1 aliphatic rings. The van der Waals surface area contributed by atoms with Crippen LogP contribution in [0.25, 0.3) is 0 Å². The summed E-state index contributed by atoms with van der Waals surface area (Å²) in [6.07, 6.45) is 8.53. The molecule has 0 heterocycles. The maximum atomic E-state index is 11.2. The molecule has 0 aromatic rings. The second kappa shape index (κ2) is 6.21. The lowest BCUT2D eigenvalue weighted by Gasteiger charge is -2.40. The summed E-state index contributed by atoms with van der Waals surface area (Å²) in [5, 5.41) is 0. The summed E-state index contributed by atoms with van der Waals surface area (Å²) in [5.74, 6) is 0.468. The van der Waals surface area contributed by atoms with Crippen LogP contribution in [0.5, 0.6) is 0 Å². The second-order valence-electron chi connectivity index (χ2n) is 5.80. The fourth-order valence-corrected chi connectivity index (χ4v) is 2.72. The first kappa shape index (κ1) is 15.0. The Morgan fingerprint density at radius 1 is 1.61 bits per heavy atom. The van der Waals surface area contributed by atoms with E-state index in [1.807, 2.05) is 6.92 Å². The first-order chi connectivity index (χ1) is 8.40. The van der Waals surface area contributed by atoms with E-state index in [-0.39, 0.29) is 11.4 Å². The maximum Gasteiger partial charge on any atom is 0.330 e. The minimum atomic E-state index is -0.249. The summed E-state index contributed by atoms with van der Waals surface area (Å²) in [6.45, 7) is 8.95. The number of allylic oxidation sites excluding steroid dienone is 3. The monoisotopic (exact) mass is 250 g/mol. The maximum absolute atomic E-state index is 11.2. The molecule has 0 aromatic heterocycles. The molecule has 0 aliphatic heterocycles. The molecule has 0 aromatic carbocycles. The summed E-state index contributed by atoms with van der Waals surface area (Å²) in [6, 6.07) is 0. The summed E-state index contributed by atoms with van der Waals surface area (Å²) in [5.41, 5.74) is 2.89. The van der Waals surface area contributed by atoms with E-state index in [4.69, 9.17) is 0 Å². The van der Waals surface area contributed by atoms with Gasteiger partial charge in [0, 0.05) is 6.08 Å². The van der Waals surface area contributed by atoms with E-state index in [1.165, 1.54) is 25.5 Å². The van der Waals surface area contributed by atoms with Gasteiger partial charge in [0.1, 0.15) is 0 Å². The van der Waals surface area contributed by atoms with Gasteiger partial charge >= 0.3 is 5.97 Å². The lowest BCUT2D eigenvalue weighted by molar-refractivity contribution is -0.134.